The number of hydrogen-bond donors (Lipinski definition) is 5. The first-order valence-corrected chi connectivity index (χ1v) is 12.0. The van der Waals surface area contributed by atoms with Gasteiger partial charge < -0.3 is 26.2 Å². The zero-order valence-electron chi connectivity index (χ0n) is 20.5. The van der Waals surface area contributed by atoms with Gasteiger partial charge in [-0.2, -0.15) is 0 Å². The third-order valence-corrected chi connectivity index (χ3v) is 5.98. The van der Waals surface area contributed by atoms with Gasteiger partial charge in [0.25, 0.3) is 5.91 Å². The van der Waals surface area contributed by atoms with Crippen molar-refractivity contribution in [3.05, 3.63) is 65.9 Å². The Morgan fingerprint density at radius 3 is 2.67 bits per heavy atom. The second-order valence-electron chi connectivity index (χ2n) is 9.94. The van der Waals surface area contributed by atoms with Crippen LogP contribution in [0.15, 0.2) is 54.7 Å². The van der Waals surface area contributed by atoms with Crippen molar-refractivity contribution in [1.29, 1.82) is 0 Å². The molecule has 0 aliphatic heterocycles. The van der Waals surface area contributed by atoms with Crippen LogP contribution in [0.4, 0.5) is 17.2 Å². The lowest BCUT2D eigenvalue weighted by Gasteiger charge is -2.19. The number of carbonyl (C=O) groups excluding carboxylic acids is 1. The number of amides is 1. The molecule has 36 heavy (non-hydrogen) atoms. The monoisotopic (exact) mass is 486 g/mol. The number of aryl methyl sites for hydroxylation is 1. The molecule has 9 heteroatoms. The molecular formula is C27H30N6O3. The van der Waals surface area contributed by atoms with E-state index >= 15 is 0 Å². The molecule has 0 unspecified atom stereocenters. The summed E-state index contributed by atoms with van der Waals surface area (Å²) in [6.07, 6.45) is 3.83. The Bertz CT molecular complexity index is 1440. The number of aromatic hydroxyl groups is 1. The lowest BCUT2D eigenvalue weighted by Crippen LogP contribution is -2.29. The Morgan fingerprint density at radius 1 is 1.17 bits per heavy atom. The van der Waals surface area contributed by atoms with E-state index < -0.39 is 5.60 Å². The number of aliphatic hydroxyl groups is 1. The van der Waals surface area contributed by atoms with E-state index in [0.29, 0.717) is 41.0 Å². The fraction of sp³-hybridized carbons (Fsp3) is 0.296. The molecule has 1 fully saturated rings. The minimum absolute atomic E-state index is 0.0477. The summed E-state index contributed by atoms with van der Waals surface area (Å²) in [7, 11) is 0. The second kappa shape index (κ2) is 9.16. The number of hydrogen-bond acceptors (Lipinski definition) is 7. The number of imidazole rings is 1. The van der Waals surface area contributed by atoms with E-state index in [1.165, 1.54) is 0 Å². The summed E-state index contributed by atoms with van der Waals surface area (Å²) >= 11 is 0. The Balaban J connectivity index is 1.54. The zero-order chi connectivity index (χ0) is 25.4. The molecule has 2 aromatic heterocycles. The van der Waals surface area contributed by atoms with Gasteiger partial charge in [0.2, 0.25) is 0 Å². The lowest BCUT2D eigenvalue weighted by molar-refractivity contribution is 0.0940. The highest BCUT2D eigenvalue weighted by atomic mass is 16.3. The van der Waals surface area contributed by atoms with E-state index in [1.54, 1.807) is 42.8 Å². The van der Waals surface area contributed by atoms with Gasteiger partial charge in [0.05, 0.1) is 23.2 Å². The van der Waals surface area contributed by atoms with E-state index in [9.17, 15) is 15.0 Å². The van der Waals surface area contributed by atoms with E-state index in [2.05, 4.69) is 20.9 Å². The maximum Gasteiger partial charge on any atom is 0.251 e. The molecule has 2 aromatic carbocycles. The van der Waals surface area contributed by atoms with Gasteiger partial charge in [-0.1, -0.05) is 12.1 Å². The van der Waals surface area contributed by atoms with Crippen molar-refractivity contribution in [3.63, 3.8) is 0 Å². The number of nitrogens with zero attached hydrogens (tertiary/aromatic N) is 3. The summed E-state index contributed by atoms with van der Waals surface area (Å²) < 4.78 is 1.73. The van der Waals surface area contributed by atoms with Crippen molar-refractivity contribution in [2.24, 2.45) is 0 Å². The van der Waals surface area contributed by atoms with Crippen LogP contribution in [0.5, 0.6) is 5.75 Å². The van der Waals surface area contributed by atoms with Gasteiger partial charge in [0, 0.05) is 41.5 Å². The molecule has 0 spiro atoms. The highest BCUT2D eigenvalue weighted by Crippen LogP contribution is 2.29. The zero-order valence-corrected chi connectivity index (χ0v) is 20.5. The normalized spacial score (nSPS) is 13.6. The molecule has 1 aliphatic carbocycles. The van der Waals surface area contributed by atoms with E-state index in [4.69, 9.17) is 5.10 Å². The van der Waals surface area contributed by atoms with Crippen LogP contribution in [-0.4, -0.2) is 48.9 Å². The standard InChI is InChI=1S/C27H30N6O3/c1-16-11-17(7-10-21(16)26(35)31-18-8-9-18)23-14-28-25-22(29-15-27(2,3)36)13-24(32-33(23)25)30-19-5-4-6-20(34)12-19/h4-7,10-14,18,29,34,36H,8-9,15H2,1-3H3,(H,30,32)(H,31,35). The second-order valence-corrected chi connectivity index (χ2v) is 9.94. The molecule has 4 aromatic rings. The number of phenolic OH excluding ortho intramolecular Hbond substituents is 1. The van der Waals surface area contributed by atoms with Gasteiger partial charge in [-0.05, 0) is 63.4 Å². The Kier molecular flexibility index (Phi) is 6.01. The van der Waals surface area contributed by atoms with Crippen molar-refractivity contribution in [3.8, 4) is 17.0 Å². The Hall–Kier alpha value is -4.11. The van der Waals surface area contributed by atoms with Crippen LogP contribution >= 0.6 is 0 Å². The fourth-order valence-corrected chi connectivity index (χ4v) is 3.97. The number of aromatic nitrogens is 3. The van der Waals surface area contributed by atoms with Crippen molar-refractivity contribution >= 4 is 28.7 Å². The third kappa shape index (κ3) is 5.26. The molecule has 2 heterocycles. The predicted molar refractivity (Wildman–Crippen MR) is 140 cm³/mol. The Labute approximate surface area is 209 Å². The first-order chi connectivity index (χ1) is 17.2. The van der Waals surface area contributed by atoms with Crippen LogP contribution in [0.25, 0.3) is 16.9 Å². The molecule has 1 saturated carbocycles. The highest BCUT2D eigenvalue weighted by Gasteiger charge is 2.24. The summed E-state index contributed by atoms with van der Waals surface area (Å²) in [4.78, 5) is 17.2. The SMILES string of the molecule is Cc1cc(-c2cnc3c(NCC(C)(C)O)cc(Nc4cccc(O)c4)nn23)ccc1C(=O)NC1CC1. The minimum Gasteiger partial charge on any atom is -0.508 e. The summed E-state index contributed by atoms with van der Waals surface area (Å²) in [6, 6.07) is 14.6. The van der Waals surface area contributed by atoms with Crippen LogP contribution < -0.4 is 16.0 Å². The number of phenols is 1. The topological polar surface area (TPSA) is 124 Å². The number of nitrogens with one attached hydrogen (secondary N) is 3. The van der Waals surface area contributed by atoms with Crippen LogP contribution in [0, 0.1) is 6.92 Å². The lowest BCUT2D eigenvalue weighted by atomic mass is 10.0. The summed E-state index contributed by atoms with van der Waals surface area (Å²) in [6.45, 7) is 5.69. The number of rotatable bonds is 8. The quantitative estimate of drug-likeness (QED) is 0.252. The molecule has 0 radical (unpaired) electrons. The molecule has 5 N–H and O–H groups in total. The third-order valence-electron chi connectivity index (χ3n) is 5.98. The van der Waals surface area contributed by atoms with Gasteiger partial charge in [-0.3, -0.25) is 4.79 Å². The molecular weight excluding hydrogens is 456 g/mol. The largest absolute Gasteiger partial charge is 0.508 e. The summed E-state index contributed by atoms with van der Waals surface area (Å²) in [5.74, 6) is 0.627. The smallest absolute Gasteiger partial charge is 0.251 e. The highest BCUT2D eigenvalue weighted by molar-refractivity contribution is 5.96. The molecule has 0 bridgehead atoms. The molecule has 0 saturated heterocycles. The molecule has 0 atom stereocenters. The van der Waals surface area contributed by atoms with Crippen molar-refractivity contribution in [2.45, 2.75) is 45.3 Å². The Morgan fingerprint density at radius 2 is 1.97 bits per heavy atom. The van der Waals surface area contributed by atoms with Crippen LogP contribution in [-0.2, 0) is 0 Å². The van der Waals surface area contributed by atoms with Gasteiger partial charge >= 0.3 is 0 Å². The van der Waals surface area contributed by atoms with Gasteiger partial charge in [0.1, 0.15) is 5.75 Å². The van der Waals surface area contributed by atoms with Crippen LogP contribution in [0.2, 0.25) is 0 Å². The first kappa shape index (κ1) is 23.6. The van der Waals surface area contributed by atoms with Gasteiger partial charge in [-0.15, -0.1) is 5.10 Å². The number of anilines is 3. The summed E-state index contributed by atoms with van der Waals surface area (Å²) in [5.41, 5.74) is 4.20. The molecule has 5 rings (SSSR count). The van der Waals surface area contributed by atoms with Crippen LogP contribution in [0.1, 0.15) is 42.6 Å². The van der Waals surface area contributed by atoms with E-state index in [1.807, 2.05) is 37.3 Å². The molecule has 1 aliphatic rings. The first-order valence-electron chi connectivity index (χ1n) is 12.0. The maximum absolute atomic E-state index is 12.6. The maximum atomic E-state index is 12.6. The number of benzene rings is 2. The van der Waals surface area contributed by atoms with Crippen molar-refractivity contribution < 1.29 is 15.0 Å². The van der Waals surface area contributed by atoms with E-state index in [-0.39, 0.29) is 11.7 Å². The number of fused-ring (bicyclic) bond motifs is 1. The van der Waals surface area contributed by atoms with Gasteiger partial charge in [0.15, 0.2) is 11.5 Å². The van der Waals surface area contributed by atoms with Gasteiger partial charge in [-0.25, -0.2) is 9.50 Å². The molecule has 9 nitrogen and oxygen atoms in total. The number of carbonyl (C=O) groups is 1. The predicted octanol–water partition coefficient (Wildman–Crippen LogP) is 4.23. The van der Waals surface area contributed by atoms with Crippen molar-refractivity contribution in [1.82, 2.24) is 19.9 Å². The average molecular weight is 487 g/mol. The average Bonchev–Trinajstić information content (AvgIpc) is 3.52. The fourth-order valence-electron chi connectivity index (χ4n) is 3.97. The summed E-state index contributed by atoms with van der Waals surface area (Å²) in [5, 5.41) is 34.4. The van der Waals surface area contributed by atoms with Crippen molar-refractivity contribution in [2.75, 3.05) is 17.2 Å². The minimum atomic E-state index is -0.928. The van der Waals surface area contributed by atoms with Crippen LogP contribution in [0.3, 0.4) is 0 Å². The van der Waals surface area contributed by atoms with E-state index in [0.717, 1.165) is 29.7 Å². The molecule has 1 amide bonds. The molecule has 186 valence electrons.